The third kappa shape index (κ3) is 4.57. The molecule has 1 aromatic carbocycles. The van der Waals surface area contributed by atoms with Gasteiger partial charge in [-0.3, -0.25) is 4.57 Å². The molecule has 0 aliphatic heterocycles. The Hall–Kier alpha value is -1.45. The largest absolute Gasteiger partial charge is 0.443 e. The number of rotatable bonds is 6. The lowest BCUT2D eigenvalue weighted by Crippen LogP contribution is -2.55. The van der Waals surface area contributed by atoms with Gasteiger partial charge in [0.15, 0.2) is 5.28 Å². The summed E-state index contributed by atoms with van der Waals surface area (Å²) in [5.74, 6) is 0. The fourth-order valence-electron chi connectivity index (χ4n) is 3.22. The van der Waals surface area contributed by atoms with Gasteiger partial charge in [0.05, 0.1) is 0 Å². The first-order chi connectivity index (χ1) is 13.6. The highest BCUT2D eigenvalue weighted by Crippen LogP contribution is 2.58. The van der Waals surface area contributed by atoms with E-state index in [0.29, 0.717) is 10.1 Å². The first-order valence-corrected chi connectivity index (χ1v) is 13.3. The second-order valence-electron chi connectivity index (χ2n) is 8.09. The topological polar surface area (TPSA) is 121 Å². The molecule has 8 nitrogen and oxygen atoms in total. The minimum atomic E-state index is -5.09. The fourth-order valence-corrected chi connectivity index (χ4v) is 8.09. The van der Waals surface area contributed by atoms with E-state index in [0.717, 1.165) is 16.9 Å². The Morgan fingerprint density at radius 2 is 1.73 bits per heavy atom. The van der Waals surface area contributed by atoms with E-state index in [2.05, 4.69) is 0 Å². The average molecular weight is 478 g/mol. The van der Waals surface area contributed by atoms with Crippen molar-refractivity contribution in [1.29, 1.82) is 0 Å². The van der Waals surface area contributed by atoms with Crippen LogP contribution >= 0.6 is 18.9 Å². The van der Waals surface area contributed by atoms with Crippen LogP contribution in [-0.4, -0.2) is 39.5 Å². The Morgan fingerprint density at radius 3 is 2.20 bits per heavy atom. The normalized spacial score (nSPS) is 13.5. The maximum atomic E-state index is 13.6. The SMILES string of the molecule is CCC(CC)(N(C(=O)OC(C)(C)C)S(=O)(=O)c1cc2cc(C)ccc2s1)P(=O)(O)O. The molecule has 168 valence electrons. The maximum Gasteiger partial charge on any atom is 0.425 e. The Bertz CT molecular complexity index is 1090. The van der Waals surface area contributed by atoms with Crippen LogP contribution in [0.2, 0.25) is 0 Å². The number of amides is 1. The zero-order valence-electron chi connectivity index (χ0n) is 17.9. The highest BCUT2D eigenvalue weighted by atomic mass is 32.2. The first kappa shape index (κ1) is 24.8. The molecule has 0 saturated carbocycles. The Kier molecular flexibility index (Phi) is 6.82. The van der Waals surface area contributed by atoms with Gasteiger partial charge in [0.1, 0.15) is 9.81 Å². The number of nitrogens with zero attached hydrogens (tertiary/aromatic N) is 1. The number of hydrogen-bond donors (Lipinski definition) is 2. The highest BCUT2D eigenvalue weighted by Gasteiger charge is 2.57. The second kappa shape index (κ2) is 8.24. The van der Waals surface area contributed by atoms with Crippen molar-refractivity contribution in [2.45, 2.75) is 69.5 Å². The van der Waals surface area contributed by atoms with Gasteiger partial charge in [-0.2, -0.15) is 12.7 Å². The van der Waals surface area contributed by atoms with Crippen molar-refractivity contribution < 1.29 is 32.3 Å². The van der Waals surface area contributed by atoms with Gasteiger partial charge in [-0.1, -0.05) is 31.5 Å². The molecule has 0 atom stereocenters. The van der Waals surface area contributed by atoms with Crippen LogP contribution in [0, 0.1) is 6.92 Å². The molecule has 0 saturated heterocycles. The summed E-state index contributed by atoms with van der Waals surface area (Å²) < 4.78 is 45.8. The molecule has 2 N–H and O–H groups in total. The molecule has 1 amide bonds. The van der Waals surface area contributed by atoms with Crippen LogP contribution in [0.3, 0.4) is 0 Å². The lowest BCUT2D eigenvalue weighted by molar-refractivity contribution is 0.0269. The highest BCUT2D eigenvalue weighted by molar-refractivity contribution is 7.92. The minimum Gasteiger partial charge on any atom is -0.443 e. The van der Waals surface area contributed by atoms with E-state index in [9.17, 15) is 27.6 Å². The van der Waals surface area contributed by atoms with Crippen molar-refractivity contribution in [3.05, 3.63) is 29.8 Å². The van der Waals surface area contributed by atoms with Gasteiger partial charge in [-0.25, -0.2) is 4.79 Å². The van der Waals surface area contributed by atoms with Crippen molar-refractivity contribution in [2.75, 3.05) is 0 Å². The van der Waals surface area contributed by atoms with E-state index in [4.69, 9.17) is 4.74 Å². The zero-order chi connectivity index (χ0) is 23.1. The Labute approximate surface area is 181 Å². The molecule has 2 rings (SSSR count). The van der Waals surface area contributed by atoms with Crippen molar-refractivity contribution >= 4 is 45.1 Å². The first-order valence-electron chi connectivity index (χ1n) is 9.43. The van der Waals surface area contributed by atoms with Crippen molar-refractivity contribution in [3.8, 4) is 0 Å². The van der Waals surface area contributed by atoms with E-state index in [-0.39, 0.29) is 21.4 Å². The smallest absolute Gasteiger partial charge is 0.425 e. The van der Waals surface area contributed by atoms with Crippen molar-refractivity contribution in [3.63, 3.8) is 0 Å². The third-order valence-corrected chi connectivity index (χ3v) is 10.2. The monoisotopic (exact) mass is 477 g/mol. The molecule has 0 bridgehead atoms. The summed E-state index contributed by atoms with van der Waals surface area (Å²) in [6.45, 7) is 9.39. The van der Waals surface area contributed by atoms with Gasteiger partial charge < -0.3 is 14.5 Å². The molecule has 0 aliphatic rings. The Morgan fingerprint density at radius 1 is 1.17 bits per heavy atom. The molecular formula is C19H28NO7PS2. The number of ether oxygens (including phenoxy) is 1. The van der Waals surface area contributed by atoms with Gasteiger partial charge in [0.2, 0.25) is 0 Å². The van der Waals surface area contributed by atoms with E-state index in [1.807, 2.05) is 13.0 Å². The predicted octanol–water partition coefficient (Wildman–Crippen LogP) is 4.83. The van der Waals surface area contributed by atoms with Gasteiger partial charge >= 0.3 is 13.7 Å². The molecule has 0 spiro atoms. The van der Waals surface area contributed by atoms with Crippen LogP contribution in [0.4, 0.5) is 4.79 Å². The van der Waals surface area contributed by atoms with Crippen LogP contribution in [-0.2, 0) is 19.3 Å². The summed E-state index contributed by atoms with van der Waals surface area (Å²) in [6, 6.07) is 6.81. The number of fused-ring (bicyclic) bond motifs is 1. The molecule has 0 fully saturated rings. The van der Waals surface area contributed by atoms with E-state index < -0.39 is 34.6 Å². The van der Waals surface area contributed by atoms with Crippen LogP contribution in [0.25, 0.3) is 10.1 Å². The second-order valence-corrected chi connectivity index (χ2v) is 13.1. The fraction of sp³-hybridized carbons (Fsp3) is 0.526. The molecule has 11 heteroatoms. The molecule has 0 unspecified atom stereocenters. The van der Waals surface area contributed by atoms with Crippen LogP contribution in [0.15, 0.2) is 28.5 Å². The van der Waals surface area contributed by atoms with Crippen LogP contribution in [0.1, 0.15) is 53.0 Å². The lowest BCUT2D eigenvalue weighted by atomic mass is 10.1. The summed E-state index contributed by atoms with van der Waals surface area (Å²) in [7, 11) is -9.72. The maximum absolute atomic E-state index is 13.6. The number of aryl methyl sites for hydroxylation is 1. The number of carbonyl (C=O) groups is 1. The summed E-state index contributed by atoms with van der Waals surface area (Å²) in [4.78, 5) is 33.3. The van der Waals surface area contributed by atoms with Gasteiger partial charge in [-0.05, 0) is 58.1 Å². The molecule has 2 aromatic rings. The lowest BCUT2D eigenvalue weighted by Gasteiger charge is -2.41. The Balaban J connectivity index is 2.79. The summed E-state index contributed by atoms with van der Waals surface area (Å²) in [5.41, 5.74) is -0.135. The van der Waals surface area contributed by atoms with Crippen LogP contribution < -0.4 is 0 Å². The zero-order valence-corrected chi connectivity index (χ0v) is 20.4. The number of benzene rings is 1. The number of carbonyl (C=O) groups excluding carboxylic acids is 1. The summed E-state index contributed by atoms with van der Waals surface area (Å²) >= 11 is 0.934. The molecular weight excluding hydrogens is 449 g/mol. The molecule has 0 aliphatic carbocycles. The molecule has 1 aromatic heterocycles. The van der Waals surface area contributed by atoms with Crippen molar-refractivity contribution in [2.24, 2.45) is 0 Å². The van der Waals surface area contributed by atoms with Gasteiger partial charge in [0, 0.05) is 4.70 Å². The standard InChI is InChI=1S/C19H28NO7PS2/c1-7-19(8-2,28(22,23)24)20(17(21)27-18(4,5)6)30(25,26)16-12-14-11-13(3)9-10-15(14)29-16/h9-12H,7-8H2,1-6H3,(H2,22,23,24). The quantitative estimate of drug-likeness (QED) is 0.572. The molecule has 30 heavy (non-hydrogen) atoms. The summed E-state index contributed by atoms with van der Waals surface area (Å²) in [5, 5.41) is -1.60. The van der Waals surface area contributed by atoms with Crippen LogP contribution in [0.5, 0.6) is 0 Å². The number of sulfonamides is 1. The van der Waals surface area contributed by atoms with E-state index in [1.165, 1.54) is 19.9 Å². The summed E-state index contributed by atoms with van der Waals surface area (Å²) in [6.07, 6.45) is -1.88. The third-order valence-electron chi connectivity index (χ3n) is 4.76. The van der Waals surface area contributed by atoms with E-state index in [1.54, 1.807) is 32.9 Å². The van der Waals surface area contributed by atoms with E-state index >= 15 is 0 Å². The van der Waals surface area contributed by atoms with Crippen molar-refractivity contribution in [1.82, 2.24) is 4.31 Å². The number of thiophene rings is 1. The predicted molar refractivity (Wildman–Crippen MR) is 117 cm³/mol. The van der Waals surface area contributed by atoms with Gasteiger partial charge in [-0.15, -0.1) is 11.3 Å². The van der Waals surface area contributed by atoms with Gasteiger partial charge in [0.25, 0.3) is 10.0 Å². The number of hydrogen-bond acceptors (Lipinski definition) is 6. The average Bonchev–Trinajstić information content (AvgIpc) is 3.00. The minimum absolute atomic E-state index is 0.186. The molecule has 1 heterocycles. The molecule has 0 radical (unpaired) electrons.